The lowest BCUT2D eigenvalue weighted by molar-refractivity contribution is 0.419. The van der Waals surface area contributed by atoms with Gasteiger partial charge in [-0.1, -0.05) is 109 Å². The van der Waals surface area contributed by atoms with E-state index in [1.165, 1.54) is 0 Å². The van der Waals surface area contributed by atoms with Gasteiger partial charge in [-0.3, -0.25) is 0 Å². The number of ether oxygens (including phenoxy) is 6. The van der Waals surface area contributed by atoms with E-state index in [-0.39, 0.29) is 0 Å². The molecule has 0 bridgehead atoms. The molecule has 0 aliphatic heterocycles. The van der Waals surface area contributed by atoms with E-state index in [4.69, 9.17) is 28.4 Å². The summed E-state index contributed by atoms with van der Waals surface area (Å²) in [6, 6.07) is 70.5. The number of para-hydroxylation sites is 6. The molecule has 0 aliphatic carbocycles. The number of hydrogen-bond donors (Lipinski definition) is 0. The lowest BCUT2D eigenvalue weighted by Crippen LogP contribution is -1.97. The van der Waals surface area contributed by atoms with Gasteiger partial charge in [0.1, 0.15) is 46.0 Å². The average Bonchev–Trinajstić information content (AvgIpc) is 3.30. The number of fused-ring (bicyclic) bond motifs is 3. The van der Waals surface area contributed by atoms with Crippen LogP contribution in [0.3, 0.4) is 0 Å². The van der Waals surface area contributed by atoms with Crippen LogP contribution >= 0.6 is 0 Å². The van der Waals surface area contributed by atoms with E-state index in [1.807, 2.05) is 206 Å². The van der Waals surface area contributed by atoms with E-state index in [1.54, 1.807) is 0 Å². The summed E-state index contributed by atoms with van der Waals surface area (Å²) in [7, 11) is 0. The quantitative estimate of drug-likeness (QED) is 0.115. The summed E-state index contributed by atoms with van der Waals surface area (Å²) in [5.41, 5.74) is 0. The molecule has 0 N–H and O–H groups in total. The van der Waals surface area contributed by atoms with Crippen molar-refractivity contribution in [2.45, 2.75) is 0 Å². The van der Waals surface area contributed by atoms with Gasteiger partial charge in [0.2, 0.25) is 0 Å². The molecule has 288 valence electrons. The Morgan fingerprint density at radius 3 is 0.683 bits per heavy atom. The average molecular weight is 781 g/mol. The van der Waals surface area contributed by atoms with Crippen LogP contribution in [0.5, 0.6) is 69.0 Å². The summed E-state index contributed by atoms with van der Waals surface area (Å²) in [5.74, 6) is 7.40. The third-order valence-corrected chi connectivity index (χ3v) is 9.91. The molecule has 6 nitrogen and oxygen atoms in total. The Morgan fingerprint density at radius 2 is 0.417 bits per heavy atom. The SMILES string of the molecule is c1ccc(Oc2cc3cc4c(Oc5ccccc5)c5cc(Oc6ccccc6)c(Oc6ccccc6)cc5c(Oc5ccccc5)c4cc3cc2Oc2ccccc2)cc1. The van der Waals surface area contributed by atoms with Crippen molar-refractivity contribution in [2.24, 2.45) is 0 Å². The lowest BCUT2D eigenvalue weighted by atomic mass is 9.96. The van der Waals surface area contributed by atoms with Gasteiger partial charge >= 0.3 is 0 Å². The minimum Gasteiger partial charge on any atom is -0.456 e. The van der Waals surface area contributed by atoms with Crippen molar-refractivity contribution in [1.29, 1.82) is 0 Å². The first-order chi connectivity index (χ1) is 29.7. The maximum atomic E-state index is 6.94. The molecule has 6 heteroatoms. The summed E-state index contributed by atoms with van der Waals surface area (Å²) < 4.78 is 40.2. The molecule has 60 heavy (non-hydrogen) atoms. The minimum atomic E-state index is 0.502. The molecular weight excluding hydrogens is 745 g/mol. The smallest absolute Gasteiger partial charge is 0.170 e. The topological polar surface area (TPSA) is 55.4 Å². The molecule has 0 aliphatic rings. The Labute approximate surface area is 347 Å². The molecule has 0 amide bonds. The highest BCUT2D eigenvalue weighted by Crippen LogP contribution is 2.52. The summed E-state index contributed by atoms with van der Waals surface area (Å²) in [6.07, 6.45) is 0. The second-order valence-corrected chi connectivity index (χ2v) is 14.0. The first-order valence-corrected chi connectivity index (χ1v) is 19.6. The largest absolute Gasteiger partial charge is 0.456 e. The number of rotatable bonds is 12. The monoisotopic (exact) mass is 780 g/mol. The van der Waals surface area contributed by atoms with E-state index in [9.17, 15) is 0 Å². The Balaban J connectivity index is 1.27. The highest BCUT2D eigenvalue weighted by atomic mass is 16.5. The zero-order valence-electron chi connectivity index (χ0n) is 32.2. The molecule has 0 spiro atoms. The van der Waals surface area contributed by atoms with Crippen molar-refractivity contribution in [2.75, 3.05) is 0 Å². The maximum absolute atomic E-state index is 6.94. The third kappa shape index (κ3) is 7.73. The minimum absolute atomic E-state index is 0.502. The highest BCUT2D eigenvalue weighted by Gasteiger charge is 2.23. The van der Waals surface area contributed by atoms with Crippen molar-refractivity contribution >= 4 is 32.3 Å². The molecule has 0 unspecified atom stereocenters. The molecule has 0 saturated heterocycles. The molecule has 0 heterocycles. The van der Waals surface area contributed by atoms with Gasteiger partial charge in [0.25, 0.3) is 0 Å². The maximum Gasteiger partial charge on any atom is 0.170 e. The van der Waals surface area contributed by atoms with Crippen molar-refractivity contribution < 1.29 is 28.4 Å². The molecule has 10 rings (SSSR count). The van der Waals surface area contributed by atoms with Gasteiger partial charge in [0.15, 0.2) is 23.0 Å². The Kier molecular flexibility index (Phi) is 9.84. The predicted molar refractivity (Wildman–Crippen MR) is 238 cm³/mol. The van der Waals surface area contributed by atoms with Crippen molar-refractivity contribution in [3.05, 3.63) is 218 Å². The Hall–Kier alpha value is -8.22. The zero-order valence-corrected chi connectivity index (χ0v) is 32.2. The van der Waals surface area contributed by atoms with Crippen LogP contribution < -0.4 is 28.4 Å². The van der Waals surface area contributed by atoms with Gasteiger partial charge in [-0.2, -0.15) is 0 Å². The van der Waals surface area contributed by atoms with Crippen molar-refractivity contribution in [3.63, 3.8) is 0 Å². The van der Waals surface area contributed by atoms with E-state index >= 15 is 0 Å². The highest BCUT2D eigenvalue weighted by molar-refractivity contribution is 6.16. The Morgan fingerprint density at radius 1 is 0.200 bits per heavy atom. The second kappa shape index (κ2) is 16.3. The fraction of sp³-hybridized carbons (Fsp3) is 0. The van der Waals surface area contributed by atoms with Crippen LogP contribution in [0.4, 0.5) is 0 Å². The van der Waals surface area contributed by atoms with Crippen LogP contribution in [0.15, 0.2) is 218 Å². The summed E-state index contributed by atoms with van der Waals surface area (Å²) in [6.45, 7) is 0. The van der Waals surface area contributed by atoms with Crippen LogP contribution in [0.25, 0.3) is 32.3 Å². The standard InChI is InChI=1S/C54H36O6/c1-7-19-39(20-8-1)55-49-33-37-31-45-46(32-38(37)34-50(49)56-40-21-9-2-10-22-40)54(60-44-29-17-6-18-30-44)48-36-52(58-42-25-13-4-14-26-42)51(57-41-23-11-3-12-24-41)35-47(48)53(45)59-43-27-15-5-16-28-43/h1-36H. The fourth-order valence-corrected chi connectivity index (χ4v) is 7.12. The zero-order chi connectivity index (χ0) is 40.1. The van der Waals surface area contributed by atoms with Crippen LogP contribution in [0.1, 0.15) is 0 Å². The fourth-order valence-electron chi connectivity index (χ4n) is 7.12. The van der Waals surface area contributed by atoms with Gasteiger partial charge in [-0.25, -0.2) is 0 Å². The van der Waals surface area contributed by atoms with Gasteiger partial charge in [0.05, 0.1) is 0 Å². The normalized spacial score (nSPS) is 11.0. The lowest BCUT2D eigenvalue weighted by Gasteiger charge is -2.21. The molecule has 10 aromatic rings. The van der Waals surface area contributed by atoms with Crippen LogP contribution in [-0.2, 0) is 0 Å². The molecule has 0 aromatic heterocycles. The number of benzene rings is 10. The summed E-state index contributed by atoms with van der Waals surface area (Å²) in [5, 5.41) is 4.95. The first-order valence-electron chi connectivity index (χ1n) is 19.6. The second-order valence-electron chi connectivity index (χ2n) is 14.0. The van der Waals surface area contributed by atoms with E-state index < -0.39 is 0 Å². The third-order valence-electron chi connectivity index (χ3n) is 9.91. The van der Waals surface area contributed by atoms with E-state index in [0.717, 1.165) is 32.3 Å². The first kappa shape index (κ1) is 36.1. The van der Waals surface area contributed by atoms with Crippen LogP contribution in [0.2, 0.25) is 0 Å². The van der Waals surface area contributed by atoms with Crippen LogP contribution in [-0.4, -0.2) is 0 Å². The molecule has 0 fully saturated rings. The number of hydrogen-bond acceptors (Lipinski definition) is 6. The molecule has 0 radical (unpaired) electrons. The van der Waals surface area contributed by atoms with Gasteiger partial charge in [0, 0.05) is 21.5 Å². The summed E-state index contributed by atoms with van der Waals surface area (Å²) >= 11 is 0. The van der Waals surface area contributed by atoms with Crippen molar-refractivity contribution in [1.82, 2.24) is 0 Å². The van der Waals surface area contributed by atoms with E-state index in [0.29, 0.717) is 69.0 Å². The molecule has 0 atom stereocenters. The van der Waals surface area contributed by atoms with Gasteiger partial charge < -0.3 is 28.4 Å². The van der Waals surface area contributed by atoms with E-state index in [2.05, 4.69) is 12.1 Å². The van der Waals surface area contributed by atoms with Crippen molar-refractivity contribution in [3.8, 4) is 69.0 Å². The molecular formula is C54H36O6. The van der Waals surface area contributed by atoms with Crippen LogP contribution in [0, 0.1) is 0 Å². The predicted octanol–water partition coefficient (Wildman–Crippen LogP) is 15.9. The van der Waals surface area contributed by atoms with Gasteiger partial charge in [-0.05, 0) is 120 Å². The summed E-state index contributed by atoms with van der Waals surface area (Å²) in [4.78, 5) is 0. The molecule has 0 saturated carbocycles. The molecule has 10 aromatic carbocycles. The Bertz CT molecular complexity index is 2840. The van der Waals surface area contributed by atoms with Gasteiger partial charge in [-0.15, -0.1) is 0 Å².